The number of carboxylic acid groups (broad SMARTS) is 1. The summed E-state index contributed by atoms with van der Waals surface area (Å²) in [5.41, 5.74) is 1.04. The summed E-state index contributed by atoms with van der Waals surface area (Å²) < 4.78 is 0. The number of carbonyl (C=O) groups is 2. The highest BCUT2D eigenvalue weighted by Gasteiger charge is 2.18. The molecule has 1 amide bonds. The molecule has 3 N–H and O–H groups in total. The number of aliphatic hydroxyl groups excluding tert-OH is 1. The van der Waals surface area contributed by atoms with Gasteiger partial charge in [0.1, 0.15) is 6.04 Å². The van der Waals surface area contributed by atoms with E-state index in [9.17, 15) is 9.59 Å². The van der Waals surface area contributed by atoms with Gasteiger partial charge in [0.25, 0.3) is 0 Å². The summed E-state index contributed by atoms with van der Waals surface area (Å²) in [6, 6.07) is 6.26. The maximum Gasteiger partial charge on any atom is 0.326 e. The van der Waals surface area contributed by atoms with Crippen molar-refractivity contribution in [3.05, 3.63) is 34.9 Å². The molecule has 5 nitrogen and oxygen atoms in total. The molecule has 1 aromatic carbocycles. The molecular formula is C13H16ClNO4S. The summed E-state index contributed by atoms with van der Waals surface area (Å²) in [5.74, 6) is -0.694. The Morgan fingerprint density at radius 3 is 2.50 bits per heavy atom. The fraction of sp³-hybridized carbons (Fsp3) is 0.385. The van der Waals surface area contributed by atoms with Crippen LogP contribution in [0.4, 0.5) is 0 Å². The molecule has 7 heteroatoms. The molecule has 0 aromatic heterocycles. The van der Waals surface area contributed by atoms with Crippen molar-refractivity contribution in [3.63, 3.8) is 0 Å². The Hall–Kier alpha value is -1.24. The fourth-order valence-corrected chi connectivity index (χ4v) is 2.39. The van der Waals surface area contributed by atoms with Gasteiger partial charge in [-0.25, -0.2) is 4.79 Å². The Kier molecular flexibility index (Phi) is 7.43. The van der Waals surface area contributed by atoms with Crippen LogP contribution in [-0.4, -0.2) is 40.5 Å². The van der Waals surface area contributed by atoms with Gasteiger partial charge in [0, 0.05) is 23.8 Å². The molecule has 20 heavy (non-hydrogen) atoms. The molecule has 0 spiro atoms. The Morgan fingerprint density at radius 1 is 1.30 bits per heavy atom. The molecule has 0 fully saturated rings. The monoisotopic (exact) mass is 317 g/mol. The summed E-state index contributed by atoms with van der Waals surface area (Å²) in [4.78, 5) is 22.4. The number of carbonyl (C=O) groups excluding carboxylic acids is 1. The number of halogens is 1. The predicted octanol–water partition coefficient (Wildman–Crippen LogP) is 1.52. The second kappa shape index (κ2) is 8.84. The highest BCUT2D eigenvalue weighted by atomic mass is 35.5. The molecule has 0 bridgehead atoms. The van der Waals surface area contributed by atoms with Crippen LogP contribution in [0.5, 0.6) is 0 Å². The Bertz CT molecular complexity index is 452. The van der Waals surface area contributed by atoms with Gasteiger partial charge in [-0.05, 0) is 17.7 Å². The van der Waals surface area contributed by atoms with Gasteiger partial charge in [-0.2, -0.15) is 0 Å². The lowest BCUT2D eigenvalue weighted by atomic mass is 10.2. The van der Waals surface area contributed by atoms with E-state index in [1.165, 1.54) is 11.8 Å². The zero-order valence-electron chi connectivity index (χ0n) is 10.7. The van der Waals surface area contributed by atoms with Crippen LogP contribution in [0.2, 0.25) is 5.02 Å². The van der Waals surface area contributed by atoms with Crippen LogP contribution in [0.25, 0.3) is 0 Å². The van der Waals surface area contributed by atoms with Gasteiger partial charge in [0.05, 0.1) is 5.75 Å². The van der Waals surface area contributed by atoms with Crippen molar-refractivity contribution in [1.29, 1.82) is 0 Å². The molecule has 0 heterocycles. The maximum atomic E-state index is 11.6. The van der Waals surface area contributed by atoms with Crippen molar-refractivity contribution in [2.24, 2.45) is 0 Å². The van der Waals surface area contributed by atoms with Crippen molar-refractivity contribution in [2.75, 3.05) is 12.4 Å². The van der Waals surface area contributed by atoms with Crippen LogP contribution in [-0.2, 0) is 15.3 Å². The summed E-state index contributed by atoms with van der Waals surface area (Å²) >= 11 is 7.15. The quantitative estimate of drug-likeness (QED) is 0.677. The van der Waals surface area contributed by atoms with Crippen LogP contribution in [0, 0.1) is 0 Å². The number of rotatable bonds is 8. The van der Waals surface area contributed by atoms with Crippen molar-refractivity contribution in [3.8, 4) is 0 Å². The van der Waals surface area contributed by atoms with E-state index in [-0.39, 0.29) is 24.7 Å². The second-order valence-corrected chi connectivity index (χ2v) is 5.51. The van der Waals surface area contributed by atoms with Crippen LogP contribution < -0.4 is 5.32 Å². The summed E-state index contributed by atoms with van der Waals surface area (Å²) in [6.45, 7) is -0.283. The van der Waals surface area contributed by atoms with Gasteiger partial charge in [-0.15, -0.1) is 11.8 Å². The van der Waals surface area contributed by atoms with Gasteiger partial charge < -0.3 is 15.5 Å². The van der Waals surface area contributed by atoms with Crippen molar-refractivity contribution >= 4 is 35.2 Å². The number of aliphatic carboxylic acids is 1. The van der Waals surface area contributed by atoms with Crippen LogP contribution >= 0.6 is 23.4 Å². The third-order valence-corrected chi connectivity index (χ3v) is 3.72. The molecule has 1 atom stereocenters. The summed E-state index contributed by atoms with van der Waals surface area (Å²) in [7, 11) is 0. The minimum atomic E-state index is -1.14. The van der Waals surface area contributed by atoms with Gasteiger partial charge in [0.15, 0.2) is 0 Å². The third-order valence-electron chi connectivity index (χ3n) is 2.47. The Morgan fingerprint density at radius 2 is 1.95 bits per heavy atom. The van der Waals surface area contributed by atoms with Gasteiger partial charge >= 0.3 is 5.97 Å². The SMILES string of the molecule is O=C(CSCc1ccc(Cl)cc1)N[C@H](CCO)C(=O)O. The van der Waals surface area contributed by atoms with E-state index >= 15 is 0 Å². The molecule has 1 rings (SSSR count). The van der Waals surface area contributed by atoms with Crippen LogP contribution in [0.15, 0.2) is 24.3 Å². The minimum Gasteiger partial charge on any atom is -0.480 e. The molecule has 1 aromatic rings. The molecule has 0 aliphatic carbocycles. The number of benzene rings is 1. The van der Waals surface area contributed by atoms with Crippen LogP contribution in [0.1, 0.15) is 12.0 Å². The number of aliphatic hydroxyl groups is 1. The molecular weight excluding hydrogens is 302 g/mol. The smallest absolute Gasteiger partial charge is 0.326 e. The van der Waals surface area contributed by atoms with Crippen molar-refractivity contribution in [2.45, 2.75) is 18.2 Å². The van der Waals surface area contributed by atoms with E-state index in [1.54, 1.807) is 12.1 Å². The second-order valence-electron chi connectivity index (χ2n) is 4.09. The lowest BCUT2D eigenvalue weighted by Crippen LogP contribution is -2.42. The zero-order chi connectivity index (χ0) is 15.0. The Labute approximate surface area is 126 Å². The van der Waals surface area contributed by atoms with Gasteiger partial charge in [0.2, 0.25) is 5.91 Å². The minimum absolute atomic E-state index is 0.00290. The number of thioether (sulfide) groups is 1. The number of hydrogen-bond donors (Lipinski definition) is 3. The average Bonchev–Trinajstić information content (AvgIpc) is 2.40. The van der Waals surface area contributed by atoms with E-state index in [2.05, 4.69) is 5.32 Å². The molecule has 0 saturated heterocycles. The average molecular weight is 318 g/mol. The van der Waals surface area contributed by atoms with Crippen molar-refractivity contribution < 1.29 is 19.8 Å². The first-order chi connectivity index (χ1) is 9.52. The highest BCUT2D eigenvalue weighted by molar-refractivity contribution is 7.99. The van der Waals surface area contributed by atoms with E-state index in [1.807, 2.05) is 12.1 Å². The predicted molar refractivity (Wildman–Crippen MR) is 78.9 cm³/mol. The van der Waals surface area contributed by atoms with Crippen LogP contribution in [0.3, 0.4) is 0 Å². The van der Waals surface area contributed by atoms with E-state index in [4.69, 9.17) is 21.8 Å². The molecule has 0 saturated carbocycles. The molecule has 0 aliphatic rings. The zero-order valence-corrected chi connectivity index (χ0v) is 12.3. The van der Waals surface area contributed by atoms with E-state index < -0.39 is 12.0 Å². The summed E-state index contributed by atoms with van der Waals surface area (Å²) in [5, 5.41) is 20.6. The van der Waals surface area contributed by atoms with Crippen molar-refractivity contribution in [1.82, 2.24) is 5.32 Å². The largest absolute Gasteiger partial charge is 0.480 e. The normalized spacial score (nSPS) is 11.9. The molecule has 0 radical (unpaired) electrons. The maximum absolute atomic E-state index is 11.6. The topological polar surface area (TPSA) is 86.6 Å². The van der Waals surface area contributed by atoms with E-state index in [0.717, 1.165) is 5.56 Å². The lowest BCUT2D eigenvalue weighted by Gasteiger charge is -2.12. The molecule has 0 aliphatic heterocycles. The highest BCUT2D eigenvalue weighted by Crippen LogP contribution is 2.15. The number of nitrogens with one attached hydrogen (secondary N) is 1. The first-order valence-electron chi connectivity index (χ1n) is 5.98. The first kappa shape index (κ1) is 16.8. The molecule has 110 valence electrons. The van der Waals surface area contributed by atoms with Gasteiger partial charge in [-0.1, -0.05) is 23.7 Å². The standard InChI is InChI=1S/C13H16ClNO4S/c14-10-3-1-9(2-4-10)7-20-8-12(17)15-11(5-6-16)13(18)19/h1-4,11,16H,5-8H2,(H,15,17)(H,18,19)/t11-/m1/s1. The summed E-state index contributed by atoms with van der Waals surface area (Å²) in [6.07, 6.45) is 0.00290. The number of amides is 1. The number of carboxylic acids is 1. The Balaban J connectivity index is 2.32. The fourth-order valence-electron chi connectivity index (χ4n) is 1.46. The third kappa shape index (κ3) is 6.27. The molecule has 0 unspecified atom stereocenters. The van der Waals surface area contributed by atoms with Gasteiger partial charge in [-0.3, -0.25) is 4.79 Å². The first-order valence-corrected chi connectivity index (χ1v) is 7.51. The lowest BCUT2D eigenvalue weighted by molar-refractivity contribution is -0.141. The number of hydrogen-bond acceptors (Lipinski definition) is 4. The van der Waals surface area contributed by atoms with E-state index in [0.29, 0.717) is 10.8 Å².